The average Bonchev–Trinajstić information content (AvgIpc) is 2.74. The zero-order valence-electron chi connectivity index (χ0n) is 10.8. The van der Waals surface area contributed by atoms with Crippen molar-refractivity contribution >= 4 is 21.6 Å². The van der Waals surface area contributed by atoms with Gasteiger partial charge in [0.25, 0.3) is 0 Å². The smallest absolute Gasteiger partial charge is 0.147 e. The summed E-state index contributed by atoms with van der Waals surface area (Å²) >= 11 is 3.57. The van der Waals surface area contributed by atoms with Gasteiger partial charge in [-0.15, -0.1) is 0 Å². The molecule has 0 bridgehead atoms. The summed E-state index contributed by atoms with van der Waals surface area (Å²) in [5.74, 6) is 0.814. The highest BCUT2D eigenvalue weighted by Gasteiger charge is 2.27. The summed E-state index contributed by atoms with van der Waals surface area (Å²) in [6.45, 7) is 6.63. The molecule has 0 radical (unpaired) electrons. The SMILES string of the molecule is CC.COCC1Cc2c(Br)c(C)cc(N)c2O1. The Morgan fingerprint density at radius 2 is 2.18 bits per heavy atom. The van der Waals surface area contributed by atoms with E-state index >= 15 is 0 Å². The number of aryl methyl sites for hydroxylation is 1. The molecule has 96 valence electrons. The molecule has 0 aromatic heterocycles. The maximum Gasteiger partial charge on any atom is 0.147 e. The van der Waals surface area contributed by atoms with Crippen molar-refractivity contribution in [3.63, 3.8) is 0 Å². The maximum atomic E-state index is 5.91. The van der Waals surface area contributed by atoms with Crippen molar-refractivity contribution in [1.82, 2.24) is 0 Å². The van der Waals surface area contributed by atoms with E-state index in [1.807, 2.05) is 26.8 Å². The lowest BCUT2D eigenvalue weighted by Crippen LogP contribution is -2.19. The van der Waals surface area contributed by atoms with Gasteiger partial charge in [-0.25, -0.2) is 0 Å². The zero-order valence-corrected chi connectivity index (χ0v) is 12.4. The molecule has 3 nitrogen and oxygen atoms in total. The van der Waals surface area contributed by atoms with Crippen molar-refractivity contribution in [3.8, 4) is 5.75 Å². The molecule has 0 saturated carbocycles. The number of halogens is 1. The molecule has 2 N–H and O–H groups in total. The highest BCUT2D eigenvalue weighted by Crippen LogP contribution is 2.41. The molecule has 1 unspecified atom stereocenters. The van der Waals surface area contributed by atoms with E-state index in [1.54, 1.807) is 7.11 Å². The predicted octanol–water partition coefficient (Wildman–Crippen LogP) is 3.32. The molecule has 2 rings (SSSR count). The number of rotatable bonds is 2. The maximum absolute atomic E-state index is 5.91. The van der Waals surface area contributed by atoms with Crippen molar-refractivity contribution < 1.29 is 9.47 Å². The third-order valence-electron chi connectivity index (χ3n) is 2.59. The number of benzene rings is 1. The average molecular weight is 302 g/mol. The van der Waals surface area contributed by atoms with Crippen molar-refractivity contribution in [2.45, 2.75) is 33.3 Å². The van der Waals surface area contributed by atoms with E-state index in [1.165, 1.54) is 0 Å². The van der Waals surface area contributed by atoms with Gasteiger partial charge in [0.1, 0.15) is 11.9 Å². The third kappa shape index (κ3) is 2.93. The van der Waals surface area contributed by atoms with Crippen LogP contribution in [0.4, 0.5) is 5.69 Å². The van der Waals surface area contributed by atoms with Crippen LogP contribution in [-0.4, -0.2) is 19.8 Å². The minimum absolute atomic E-state index is 0.0883. The molecule has 1 aliphatic heterocycles. The Kier molecular flexibility index (Phi) is 5.28. The van der Waals surface area contributed by atoms with Gasteiger partial charge in [-0.3, -0.25) is 0 Å². The number of ether oxygens (including phenoxy) is 2. The van der Waals surface area contributed by atoms with Crippen LogP contribution in [0.2, 0.25) is 0 Å². The summed E-state index contributed by atoms with van der Waals surface area (Å²) in [4.78, 5) is 0. The molecule has 1 aromatic rings. The first-order valence-corrected chi connectivity index (χ1v) is 6.65. The van der Waals surface area contributed by atoms with E-state index in [0.717, 1.165) is 27.8 Å². The van der Waals surface area contributed by atoms with Crippen molar-refractivity contribution in [2.75, 3.05) is 19.5 Å². The van der Waals surface area contributed by atoms with E-state index in [9.17, 15) is 0 Å². The normalized spacial score (nSPS) is 16.9. The van der Waals surface area contributed by atoms with E-state index < -0.39 is 0 Å². The number of fused-ring (bicyclic) bond motifs is 1. The van der Waals surface area contributed by atoms with Gasteiger partial charge in [0, 0.05) is 23.6 Å². The number of nitrogens with two attached hydrogens (primary N) is 1. The fourth-order valence-electron chi connectivity index (χ4n) is 1.91. The molecule has 1 heterocycles. The third-order valence-corrected chi connectivity index (χ3v) is 3.69. The number of methoxy groups -OCH3 is 1. The molecule has 0 saturated heterocycles. The van der Waals surface area contributed by atoms with Gasteiger partial charge >= 0.3 is 0 Å². The second-order valence-electron chi connectivity index (χ2n) is 3.80. The minimum atomic E-state index is 0.0883. The fraction of sp³-hybridized carbons (Fsp3) is 0.538. The van der Waals surface area contributed by atoms with Gasteiger partial charge in [0.15, 0.2) is 0 Å². The Hall–Kier alpha value is -0.740. The van der Waals surface area contributed by atoms with Crippen LogP contribution < -0.4 is 10.5 Å². The number of hydrogen-bond acceptors (Lipinski definition) is 3. The van der Waals surface area contributed by atoms with E-state index in [0.29, 0.717) is 12.3 Å². The summed E-state index contributed by atoms with van der Waals surface area (Å²) in [5.41, 5.74) is 8.93. The lowest BCUT2D eigenvalue weighted by atomic mass is 10.1. The Balaban J connectivity index is 0.000000686. The van der Waals surface area contributed by atoms with Gasteiger partial charge in [0.05, 0.1) is 12.3 Å². The summed E-state index contributed by atoms with van der Waals surface area (Å²) in [6, 6.07) is 1.93. The largest absolute Gasteiger partial charge is 0.485 e. The monoisotopic (exact) mass is 301 g/mol. The van der Waals surface area contributed by atoms with Crippen LogP contribution in [-0.2, 0) is 11.2 Å². The Morgan fingerprint density at radius 1 is 1.53 bits per heavy atom. The number of anilines is 1. The van der Waals surface area contributed by atoms with E-state index in [4.69, 9.17) is 15.2 Å². The fourth-order valence-corrected chi connectivity index (χ4v) is 2.37. The molecule has 0 spiro atoms. The molecule has 4 heteroatoms. The molecule has 0 aliphatic carbocycles. The van der Waals surface area contributed by atoms with Crippen LogP contribution in [0.1, 0.15) is 25.0 Å². The molecule has 0 fully saturated rings. The molecular weight excluding hydrogens is 282 g/mol. The van der Waals surface area contributed by atoms with Crippen LogP contribution in [0.25, 0.3) is 0 Å². The van der Waals surface area contributed by atoms with Crippen molar-refractivity contribution in [1.29, 1.82) is 0 Å². The van der Waals surface area contributed by atoms with Gasteiger partial charge in [-0.2, -0.15) is 0 Å². The molecular formula is C13H20BrNO2. The summed E-state index contributed by atoms with van der Waals surface area (Å²) < 4.78 is 11.9. The van der Waals surface area contributed by atoms with Crippen LogP contribution in [0.5, 0.6) is 5.75 Å². The van der Waals surface area contributed by atoms with E-state index in [-0.39, 0.29) is 6.10 Å². The Labute approximate surface area is 111 Å². The molecule has 1 aromatic carbocycles. The Morgan fingerprint density at radius 3 is 2.76 bits per heavy atom. The second kappa shape index (κ2) is 6.26. The van der Waals surface area contributed by atoms with Gasteiger partial charge < -0.3 is 15.2 Å². The molecule has 1 atom stereocenters. The topological polar surface area (TPSA) is 44.5 Å². The minimum Gasteiger partial charge on any atom is -0.485 e. The molecule has 17 heavy (non-hydrogen) atoms. The zero-order chi connectivity index (χ0) is 13.0. The van der Waals surface area contributed by atoms with Crippen LogP contribution in [0.15, 0.2) is 10.5 Å². The summed E-state index contributed by atoms with van der Waals surface area (Å²) in [5, 5.41) is 0. The predicted molar refractivity (Wildman–Crippen MR) is 74.6 cm³/mol. The van der Waals surface area contributed by atoms with Gasteiger partial charge in [-0.05, 0) is 18.6 Å². The lowest BCUT2D eigenvalue weighted by molar-refractivity contribution is 0.0955. The van der Waals surface area contributed by atoms with Crippen molar-refractivity contribution in [2.24, 2.45) is 0 Å². The number of nitrogen functional groups attached to an aromatic ring is 1. The first-order valence-electron chi connectivity index (χ1n) is 5.86. The molecule has 0 amide bonds. The van der Waals surface area contributed by atoms with Gasteiger partial charge in [0.2, 0.25) is 0 Å². The standard InChI is InChI=1S/C11H14BrNO2.C2H6/c1-6-3-9(13)11-8(10(6)12)4-7(15-11)5-14-2;1-2/h3,7H,4-5,13H2,1-2H3;1-2H3. The quantitative estimate of drug-likeness (QED) is 0.852. The van der Waals surface area contributed by atoms with Crippen LogP contribution >= 0.6 is 15.9 Å². The number of hydrogen-bond donors (Lipinski definition) is 1. The van der Waals surface area contributed by atoms with Gasteiger partial charge in [-0.1, -0.05) is 29.8 Å². The van der Waals surface area contributed by atoms with Crippen LogP contribution in [0, 0.1) is 6.92 Å². The summed E-state index contributed by atoms with van der Waals surface area (Å²) in [7, 11) is 1.68. The first kappa shape index (κ1) is 14.3. The van der Waals surface area contributed by atoms with E-state index in [2.05, 4.69) is 15.9 Å². The lowest BCUT2D eigenvalue weighted by Gasteiger charge is -2.10. The summed E-state index contributed by atoms with van der Waals surface area (Å²) in [6.07, 6.45) is 0.945. The first-order chi connectivity index (χ1) is 8.13. The molecule has 1 aliphatic rings. The highest BCUT2D eigenvalue weighted by atomic mass is 79.9. The van der Waals surface area contributed by atoms with Crippen molar-refractivity contribution in [3.05, 3.63) is 21.7 Å². The Bertz CT molecular complexity index is 393. The highest BCUT2D eigenvalue weighted by molar-refractivity contribution is 9.10. The van der Waals surface area contributed by atoms with Crippen LogP contribution in [0.3, 0.4) is 0 Å². The second-order valence-corrected chi connectivity index (χ2v) is 4.60.